The van der Waals surface area contributed by atoms with Crippen LogP contribution in [0.25, 0.3) is 0 Å². The number of ether oxygens (including phenoxy) is 1. The molecule has 0 N–H and O–H groups in total. The Balaban J connectivity index is 1.50. The van der Waals surface area contributed by atoms with Gasteiger partial charge in [-0.1, -0.05) is 6.07 Å². The minimum atomic E-state index is -0.290. The van der Waals surface area contributed by atoms with E-state index in [1.165, 1.54) is 7.11 Å². The zero-order chi connectivity index (χ0) is 15.4. The van der Waals surface area contributed by atoms with Gasteiger partial charge in [0.2, 0.25) is 0 Å². The molecular weight excluding hydrogens is 301 g/mol. The fourth-order valence-corrected chi connectivity index (χ4v) is 3.27. The molecule has 1 fully saturated rings. The highest BCUT2D eigenvalue weighted by Crippen LogP contribution is 2.19. The van der Waals surface area contributed by atoms with Crippen molar-refractivity contribution in [3.8, 4) is 5.75 Å². The van der Waals surface area contributed by atoms with Crippen LogP contribution in [-0.2, 0) is 13.1 Å². The van der Waals surface area contributed by atoms with Crippen molar-refractivity contribution in [3.63, 3.8) is 0 Å². The number of rotatable bonds is 5. The Morgan fingerprint density at radius 3 is 2.50 bits per heavy atom. The van der Waals surface area contributed by atoms with Crippen LogP contribution in [-0.4, -0.2) is 48.1 Å². The molecule has 1 saturated heterocycles. The second kappa shape index (κ2) is 7.17. The molecule has 0 atom stereocenters. The highest BCUT2D eigenvalue weighted by atomic mass is 32.1. The van der Waals surface area contributed by atoms with E-state index in [0.29, 0.717) is 5.75 Å². The van der Waals surface area contributed by atoms with Crippen molar-refractivity contribution in [2.45, 2.75) is 13.1 Å². The predicted octanol–water partition coefficient (Wildman–Crippen LogP) is 2.61. The number of hydrogen-bond donors (Lipinski definition) is 0. The number of thiazole rings is 1. The molecule has 1 aromatic heterocycles. The number of hydrogen-bond acceptors (Lipinski definition) is 5. The lowest BCUT2D eigenvalue weighted by molar-refractivity contribution is 0.121. The van der Waals surface area contributed by atoms with E-state index in [-0.39, 0.29) is 5.82 Å². The van der Waals surface area contributed by atoms with Gasteiger partial charge in [-0.3, -0.25) is 9.80 Å². The second-order valence-corrected chi connectivity index (χ2v) is 6.22. The average molecular weight is 321 g/mol. The van der Waals surface area contributed by atoms with Crippen LogP contribution < -0.4 is 4.74 Å². The largest absolute Gasteiger partial charge is 0.494 e. The first-order valence-electron chi connectivity index (χ1n) is 7.39. The molecule has 1 aromatic carbocycles. The van der Waals surface area contributed by atoms with Crippen molar-refractivity contribution >= 4 is 11.3 Å². The molecule has 1 aliphatic heterocycles. The molecule has 0 saturated carbocycles. The summed E-state index contributed by atoms with van der Waals surface area (Å²) in [5, 5.41) is 2.10. The molecule has 0 bridgehead atoms. The smallest absolute Gasteiger partial charge is 0.165 e. The van der Waals surface area contributed by atoms with Crippen LogP contribution in [0.4, 0.5) is 4.39 Å². The highest BCUT2D eigenvalue weighted by molar-refractivity contribution is 7.07. The first kappa shape index (κ1) is 15.4. The Hall–Kier alpha value is -1.50. The second-order valence-electron chi connectivity index (χ2n) is 5.50. The summed E-state index contributed by atoms with van der Waals surface area (Å²) >= 11 is 1.64. The third-order valence-corrected chi connectivity index (χ3v) is 4.59. The van der Waals surface area contributed by atoms with Crippen LogP contribution in [0.1, 0.15) is 11.3 Å². The van der Waals surface area contributed by atoms with Gasteiger partial charge in [0.05, 0.1) is 18.3 Å². The van der Waals surface area contributed by atoms with Gasteiger partial charge in [0, 0.05) is 44.6 Å². The molecule has 2 heterocycles. The highest BCUT2D eigenvalue weighted by Gasteiger charge is 2.18. The van der Waals surface area contributed by atoms with E-state index in [1.54, 1.807) is 23.5 Å². The summed E-state index contributed by atoms with van der Waals surface area (Å²) in [4.78, 5) is 9.11. The van der Waals surface area contributed by atoms with Gasteiger partial charge in [0.25, 0.3) is 0 Å². The molecule has 0 spiro atoms. The van der Waals surface area contributed by atoms with E-state index in [9.17, 15) is 4.39 Å². The fraction of sp³-hybridized carbons (Fsp3) is 0.438. The van der Waals surface area contributed by atoms with Gasteiger partial charge in [0.15, 0.2) is 11.6 Å². The van der Waals surface area contributed by atoms with E-state index in [2.05, 4.69) is 20.2 Å². The first-order chi connectivity index (χ1) is 10.7. The quantitative estimate of drug-likeness (QED) is 0.846. The lowest BCUT2D eigenvalue weighted by atomic mass is 10.2. The topological polar surface area (TPSA) is 28.6 Å². The predicted molar refractivity (Wildman–Crippen MR) is 85.6 cm³/mol. The molecule has 2 aromatic rings. The van der Waals surface area contributed by atoms with E-state index in [1.807, 2.05) is 11.6 Å². The van der Waals surface area contributed by atoms with Gasteiger partial charge >= 0.3 is 0 Å². The van der Waals surface area contributed by atoms with Gasteiger partial charge in [-0.15, -0.1) is 11.3 Å². The third kappa shape index (κ3) is 3.82. The fourth-order valence-electron chi connectivity index (χ4n) is 2.72. The molecule has 0 aliphatic carbocycles. The maximum atomic E-state index is 13.7. The van der Waals surface area contributed by atoms with Crippen molar-refractivity contribution in [2.75, 3.05) is 33.3 Å². The Bertz CT molecular complexity index is 597. The average Bonchev–Trinajstić information content (AvgIpc) is 3.02. The summed E-state index contributed by atoms with van der Waals surface area (Å²) in [6.07, 6.45) is 0. The van der Waals surface area contributed by atoms with Crippen LogP contribution in [0, 0.1) is 5.82 Å². The summed E-state index contributed by atoms with van der Waals surface area (Å²) in [6.45, 7) is 5.75. The Morgan fingerprint density at radius 1 is 1.18 bits per heavy atom. The SMILES string of the molecule is COc1ccc(CN2CCN(Cc3cscn3)CC2)cc1F. The zero-order valence-corrected chi connectivity index (χ0v) is 13.5. The number of methoxy groups -OCH3 is 1. The Morgan fingerprint density at radius 2 is 1.91 bits per heavy atom. The minimum absolute atomic E-state index is 0.290. The molecular formula is C16H20FN3OS. The van der Waals surface area contributed by atoms with Crippen molar-refractivity contribution in [1.82, 2.24) is 14.8 Å². The molecule has 22 heavy (non-hydrogen) atoms. The number of benzene rings is 1. The molecule has 3 rings (SSSR count). The zero-order valence-electron chi connectivity index (χ0n) is 12.7. The van der Waals surface area contributed by atoms with Crippen LogP contribution >= 0.6 is 11.3 Å². The van der Waals surface area contributed by atoms with E-state index >= 15 is 0 Å². The maximum absolute atomic E-state index is 13.7. The van der Waals surface area contributed by atoms with Crippen molar-refractivity contribution < 1.29 is 9.13 Å². The van der Waals surface area contributed by atoms with Crippen molar-refractivity contribution in [1.29, 1.82) is 0 Å². The first-order valence-corrected chi connectivity index (χ1v) is 8.33. The molecule has 1 aliphatic rings. The number of nitrogens with zero attached hydrogens (tertiary/aromatic N) is 3. The molecule has 6 heteroatoms. The summed E-state index contributed by atoms with van der Waals surface area (Å²) < 4.78 is 18.7. The maximum Gasteiger partial charge on any atom is 0.165 e. The molecule has 0 unspecified atom stereocenters. The summed E-state index contributed by atoms with van der Waals surface area (Å²) in [5.41, 5.74) is 4.02. The van der Waals surface area contributed by atoms with Crippen LogP contribution in [0.2, 0.25) is 0 Å². The van der Waals surface area contributed by atoms with Crippen LogP contribution in [0.3, 0.4) is 0 Å². The van der Waals surface area contributed by atoms with E-state index < -0.39 is 0 Å². The third-order valence-electron chi connectivity index (χ3n) is 3.96. The van der Waals surface area contributed by atoms with Crippen LogP contribution in [0.15, 0.2) is 29.1 Å². The lowest BCUT2D eigenvalue weighted by Gasteiger charge is -2.34. The van der Waals surface area contributed by atoms with Crippen molar-refractivity contribution in [3.05, 3.63) is 46.2 Å². The summed E-state index contributed by atoms with van der Waals surface area (Å²) in [5.74, 6) is 0.0130. The summed E-state index contributed by atoms with van der Waals surface area (Å²) in [6, 6.07) is 5.20. The van der Waals surface area contributed by atoms with Gasteiger partial charge in [0.1, 0.15) is 0 Å². The number of aromatic nitrogens is 1. The van der Waals surface area contributed by atoms with Gasteiger partial charge < -0.3 is 4.74 Å². The monoisotopic (exact) mass is 321 g/mol. The van der Waals surface area contributed by atoms with Gasteiger partial charge in [-0.25, -0.2) is 9.37 Å². The number of piperazine rings is 1. The lowest BCUT2D eigenvalue weighted by Crippen LogP contribution is -2.45. The van der Waals surface area contributed by atoms with E-state index in [4.69, 9.17) is 4.74 Å². The molecule has 4 nitrogen and oxygen atoms in total. The summed E-state index contributed by atoms with van der Waals surface area (Å²) in [7, 11) is 1.49. The van der Waals surface area contributed by atoms with Gasteiger partial charge in [-0.05, 0) is 17.7 Å². The molecule has 0 amide bonds. The molecule has 0 radical (unpaired) electrons. The number of halogens is 1. The Kier molecular flexibility index (Phi) is 5.02. The van der Waals surface area contributed by atoms with Gasteiger partial charge in [-0.2, -0.15) is 0 Å². The van der Waals surface area contributed by atoms with Crippen molar-refractivity contribution in [2.24, 2.45) is 0 Å². The normalized spacial score (nSPS) is 16.8. The minimum Gasteiger partial charge on any atom is -0.494 e. The standard InChI is InChI=1S/C16H20FN3OS/c1-21-16-3-2-13(8-15(16)17)9-19-4-6-20(7-5-19)10-14-11-22-12-18-14/h2-3,8,11-12H,4-7,9-10H2,1H3. The Labute approximate surface area is 134 Å². The molecule has 118 valence electrons. The van der Waals surface area contributed by atoms with E-state index in [0.717, 1.165) is 50.5 Å². The van der Waals surface area contributed by atoms with Crippen LogP contribution in [0.5, 0.6) is 5.75 Å².